The Morgan fingerprint density at radius 1 is 0.309 bits per heavy atom. The Morgan fingerprint density at radius 2 is 0.855 bits per heavy atom. The van der Waals surface area contributed by atoms with Crippen molar-refractivity contribution in [1.29, 1.82) is 0 Å². The monoisotopic (exact) mass is 699 g/mol. The lowest BCUT2D eigenvalue weighted by Gasteiger charge is -2.11. The van der Waals surface area contributed by atoms with E-state index in [9.17, 15) is 0 Å². The van der Waals surface area contributed by atoms with Crippen molar-refractivity contribution < 1.29 is 0 Å². The lowest BCUT2D eigenvalue weighted by Crippen LogP contribution is -1.95. The average molecular weight is 700 g/mol. The number of hydrogen-bond acceptors (Lipinski definition) is 0. The summed E-state index contributed by atoms with van der Waals surface area (Å²) in [6.07, 6.45) is 2.17. The summed E-state index contributed by atoms with van der Waals surface area (Å²) in [6, 6.07) is 68.7. The van der Waals surface area contributed by atoms with Crippen molar-refractivity contribution in [2.75, 3.05) is 0 Å². The third-order valence-corrected chi connectivity index (χ3v) is 11.7. The molecule has 3 heteroatoms. The molecule has 0 aliphatic rings. The molecule has 0 aliphatic heterocycles. The molecule has 9 aromatic carbocycles. The fourth-order valence-corrected chi connectivity index (χ4v) is 9.27. The Balaban J connectivity index is 1.10. The van der Waals surface area contributed by atoms with E-state index >= 15 is 0 Å². The zero-order valence-electron chi connectivity index (χ0n) is 29.9. The van der Waals surface area contributed by atoms with E-state index in [0.29, 0.717) is 0 Å². The van der Waals surface area contributed by atoms with Gasteiger partial charge in [0, 0.05) is 50.4 Å². The van der Waals surface area contributed by atoms with Crippen molar-refractivity contribution in [3.8, 4) is 33.8 Å². The van der Waals surface area contributed by atoms with Crippen LogP contribution in [0, 0.1) is 0 Å². The molecule has 0 fully saturated rings. The Kier molecular flexibility index (Phi) is 6.34. The smallest absolute Gasteiger partial charge is 0.0562 e. The van der Waals surface area contributed by atoms with E-state index in [-0.39, 0.29) is 0 Å². The highest BCUT2D eigenvalue weighted by Crippen LogP contribution is 2.44. The van der Waals surface area contributed by atoms with Gasteiger partial charge in [0.15, 0.2) is 0 Å². The van der Waals surface area contributed by atoms with E-state index in [1.807, 2.05) is 0 Å². The predicted octanol–water partition coefficient (Wildman–Crippen LogP) is 14.0. The standard InChI is InChI=1S/C52H33N3/c1-3-14-35(15-4-1)54-48-24-12-11-22-42(48)45-30-46-51(31-50(45)54)55(36-16-5-2-6-17-36)49-25-13-23-43(52(46)49)47-29-34(32-53-47)33-26-27-41-39-20-8-7-18-37(39)38-19-9-10-21-40(38)44(41)28-33/h1-32,53H. The maximum absolute atomic E-state index is 3.72. The molecule has 0 atom stereocenters. The van der Waals surface area contributed by atoms with Gasteiger partial charge in [-0.2, -0.15) is 0 Å². The maximum Gasteiger partial charge on any atom is 0.0562 e. The van der Waals surface area contributed by atoms with Crippen LogP contribution in [0.3, 0.4) is 0 Å². The van der Waals surface area contributed by atoms with Crippen LogP contribution in [0.1, 0.15) is 0 Å². The number of aromatic nitrogens is 3. The second-order valence-corrected chi connectivity index (χ2v) is 14.6. The molecule has 0 saturated heterocycles. The number of fused-ring (bicyclic) bond motifs is 12. The topological polar surface area (TPSA) is 25.6 Å². The molecule has 0 radical (unpaired) electrons. The summed E-state index contributed by atoms with van der Waals surface area (Å²) in [7, 11) is 0. The minimum Gasteiger partial charge on any atom is -0.361 e. The van der Waals surface area contributed by atoms with Crippen LogP contribution in [0.25, 0.3) is 110 Å². The second kappa shape index (κ2) is 11.6. The van der Waals surface area contributed by atoms with Crippen molar-refractivity contribution in [2.24, 2.45) is 0 Å². The van der Waals surface area contributed by atoms with Gasteiger partial charge in [-0.05, 0) is 104 Å². The van der Waals surface area contributed by atoms with E-state index in [0.717, 1.165) is 17.1 Å². The molecular formula is C52H33N3. The first-order valence-electron chi connectivity index (χ1n) is 18.9. The van der Waals surface area contributed by atoms with Gasteiger partial charge in [0.1, 0.15) is 0 Å². The zero-order chi connectivity index (χ0) is 36.0. The number of rotatable bonds is 4. The van der Waals surface area contributed by atoms with Crippen LogP contribution in [-0.2, 0) is 0 Å². The molecule has 0 bridgehead atoms. The Hall–Kier alpha value is -7.36. The van der Waals surface area contributed by atoms with E-state index in [2.05, 4.69) is 208 Å². The molecule has 3 heterocycles. The van der Waals surface area contributed by atoms with Crippen LogP contribution in [0.2, 0.25) is 0 Å². The number of para-hydroxylation sites is 3. The summed E-state index contributed by atoms with van der Waals surface area (Å²) in [5.74, 6) is 0. The highest BCUT2D eigenvalue weighted by Gasteiger charge is 2.21. The third kappa shape index (κ3) is 4.38. The summed E-state index contributed by atoms with van der Waals surface area (Å²) >= 11 is 0. The molecule has 0 spiro atoms. The van der Waals surface area contributed by atoms with Crippen LogP contribution in [-0.4, -0.2) is 14.1 Å². The van der Waals surface area contributed by atoms with Gasteiger partial charge in [0.25, 0.3) is 0 Å². The quantitative estimate of drug-likeness (QED) is 0.177. The van der Waals surface area contributed by atoms with Crippen molar-refractivity contribution in [1.82, 2.24) is 14.1 Å². The first-order valence-corrected chi connectivity index (χ1v) is 18.9. The van der Waals surface area contributed by atoms with Gasteiger partial charge >= 0.3 is 0 Å². The molecule has 0 saturated carbocycles. The van der Waals surface area contributed by atoms with Crippen molar-refractivity contribution in [3.63, 3.8) is 0 Å². The lowest BCUT2D eigenvalue weighted by molar-refractivity contribution is 1.16. The summed E-state index contributed by atoms with van der Waals surface area (Å²) < 4.78 is 4.84. The summed E-state index contributed by atoms with van der Waals surface area (Å²) in [6.45, 7) is 0. The number of benzene rings is 9. The predicted molar refractivity (Wildman–Crippen MR) is 233 cm³/mol. The molecule has 256 valence electrons. The number of nitrogens with one attached hydrogen (secondary N) is 1. The number of H-pyrrole nitrogens is 1. The number of nitrogens with zero attached hydrogens (tertiary/aromatic N) is 2. The van der Waals surface area contributed by atoms with E-state index in [1.165, 1.54) is 92.6 Å². The highest BCUT2D eigenvalue weighted by molar-refractivity contribution is 6.26. The molecule has 12 aromatic rings. The van der Waals surface area contributed by atoms with E-state index < -0.39 is 0 Å². The van der Waals surface area contributed by atoms with Gasteiger partial charge in [-0.1, -0.05) is 127 Å². The Labute approximate surface area is 316 Å². The molecule has 3 aromatic heterocycles. The minimum absolute atomic E-state index is 1.10. The van der Waals surface area contributed by atoms with Gasteiger partial charge in [-0.25, -0.2) is 0 Å². The first kappa shape index (κ1) is 30.1. The molecule has 3 nitrogen and oxygen atoms in total. The lowest BCUT2D eigenvalue weighted by atomic mass is 9.92. The molecule has 12 rings (SSSR count). The van der Waals surface area contributed by atoms with Crippen LogP contribution in [0.5, 0.6) is 0 Å². The third-order valence-electron chi connectivity index (χ3n) is 11.7. The van der Waals surface area contributed by atoms with Crippen molar-refractivity contribution >= 4 is 75.9 Å². The van der Waals surface area contributed by atoms with Crippen LogP contribution < -0.4 is 0 Å². The molecule has 0 aliphatic carbocycles. The minimum atomic E-state index is 1.10. The van der Waals surface area contributed by atoms with Crippen LogP contribution in [0.15, 0.2) is 194 Å². The van der Waals surface area contributed by atoms with Crippen molar-refractivity contribution in [2.45, 2.75) is 0 Å². The molecule has 0 unspecified atom stereocenters. The van der Waals surface area contributed by atoms with Crippen molar-refractivity contribution in [3.05, 3.63) is 194 Å². The maximum atomic E-state index is 3.72. The van der Waals surface area contributed by atoms with E-state index in [4.69, 9.17) is 0 Å². The van der Waals surface area contributed by atoms with Gasteiger partial charge < -0.3 is 14.1 Å². The Bertz CT molecular complexity index is 3440. The summed E-state index contributed by atoms with van der Waals surface area (Å²) in [4.78, 5) is 3.72. The fourth-order valence-electron chi connectivity index (χ4n) is 9.27. The largest absolute Gasteiger partial charge is 0.361 e. The first-order chi connectivity index (χ1) is 27.3. The number of aromatic amines is 1. The molecule has 1 N–H and O–H groups in total. The van der Waals surface area contributed by atoms with Gasteiger partial charge in [0.05, 0.1) is 22.1 Å². The second-order valence-electron chi connectivity index (χ2n) is 14.6. The van der Waals surface area contributed by atoms with Crippen LogP contribution >= 0.6 is 0 Å². The molecule has 55 heavy (non-hydrogen) atoms. The van der Waals surface area contributed by atoms with Gasteiger partial charge in [-0.15, -0.1) is 0 Å². The Morgan fingerprint density at radius 3 is 1.55 bits per heavy atom. The summed E-state index contributed by atoms with van der Waals surface area (Å²) in [5.41, 5.74) is 11.7. The normalized spacial score (nSPS) is 12.0. The fraction of sp³-hybridized carbons (Fsp3) is 0. The molecule has 0 amide bonds. The van der Waals surface area contributed by atoms with Crippen LogP contribution in [0.4, 0.5) is 0 Å². The summed E-state index contributed by atoms with van der Waals surface area (Å²) in [5, 5.41) is 12.7. The molecular weight excluding hydrogens is 667 g/mol. The number of hydrogen-bond donors (Lipinski definition) is 1. The van der Waals surface area contributed by atoms with E-state index in [1.54, 1.807) is 0 Å². The zero-order valence-corrected chi connectivity index (χ0v) is 29.9. The SMILES string of the molecule is c1ccc(-n2c3ccccc3c3cc4c5c(-c6cc(-c7ccc8c9ccccc9c9ccccc9c8c7)c[nH]6)cccc5n(-c5ccccc5)c4cc32)cc1. The van der Waals surface area contributed by atoms with Gasteiger partial charge in [-0.3, -0.25) is 0 Å². The highest BCUT2D eigenvalue weighted by atomic mass is 15.0. The van der Waals surface area contributed by atoms with Gasteiger partial charge in [0.2, 0.25) is 0 Å². The average Bonchev–Trinajstić information content (AvgIpc) is 3.96.